The summed E-state index contributed by atoms with van der Waals surface area (Å²) in [4.78, 5) is 12.6. The van der Waals surface area contributed by atoms with Crippen molar-refractivity contribution >= 4 is 5.91 Å². The number of benzene rings is 1. The van der Waals surface area contributed by atoms with E-state index in [0.29, 0.717) is 6.61 Å². The van der Waals surface area contributed by atoms with Gasteiger partial charge in [-0.05, 0) is 59.6 Å². The summed E-state index contributed by atoms with van der Waals surface area (Å²) in [5.41, 5.74) is 2.50. The van der Waals surface area contributed by atoms with E-state index in [1.54, 1.807) is 0 Å². The Morgan fingerprint density at radius 2 is 1.79 bits per heavy atom. The van der Waals surface area contributed by atoms with Crippen LogP contribution in [0.15, 0.2) is 29.8 Å². The number of para-hydroxylation sites is 1. The van der Waals surface area contributed by atoms with Crippen molar-refractivity contribution < 1.29 is 9.53 Å². The van der Waals surface area contributed by atoms with E-state index in [2.05, 4.69) is 24.5 Å². The molecule has 2 rings (SSSR count). The van der Waals surface area contributed by atoms with Crippen LogP contribution in [-0.4, -0.2) is 29.6 Å². The van der Waals surface area contributed by atoms with Gasteiger partial charge in [0.2, 0.25) is 5.91 Å². The lowest BCUT2D eigenvalue weighted by Gasteiger charge is -2.28. The molecule has 132 valence electrons. The van der Waals surface area contributed by atoms with Crippen molar-refractivity contribution in [2.75, 3.05) is 6.61 Å². The average Bonchev–Trinajstić information content (AvgIpc) is 2.66. The average molecular weight is 330 g/mol. The molecule has 1 aliphatic rings. The number of ether oxygens (including phenoxy) is 1. The molecule has 0 fully saturated rings. The molecule has 0 aliphatic carbocycles. The summed E-state index contributed by atoms with van der Waals surface area (Å²) < 4.78 is 5.94. The summed E-state index contributed by atoms with van der Waals surface area (Å²) in [6.45, 7) is 14.7. The van der Waals surface area contributed by atoms with Crippen LogP contribution in [-0.2, 0) is 4.79 Å². The smallest absolute Gasteiger partial charge is 0.249 e. The molecule has 0 radical (unpaired) electrons. The Morgan fingerprint density at radius 1 is 1.21 bits per heavy atom. The molecule has 24 heavy (non-hydrogen) atoms. The van der Waals surface area contributed by atoms with Crippen LogP contribution < -0.4 is 15.4 Å². The maximum atomic E-state index is 12.6. The van der Waals surface area contributed by atoms with Gasteiger partial charge in [-0.3, -0.25) is 10.1 Å². The number of carbonyl (C=O) groups is 1. The third-order valence-electron chi connectivity index (χ3n) is 4.32. The molecule has 2 N–H and O–H groups in total. The third-order valence-corrected chi connectivity index (χ3v) is 4.32. The highest BCUT2D eigenvalue weighted by Crippen LogP contribution is 2.29. The number of hydrogen-bond acceptors (Lipinski definition) is 3. The van der Waals surface area contributed by atoms with Crippen molar-refractivity contribution in [3.05, 3.63) is 41.0 Å². The highest BCUT2D eigenvalue weighted by molar-refractivity contribution is 5.96. The first kappa shape index (κ1) is 18.5. The van der Waals surface area contributed by atoms with E-state index in [1.807, 2.05) is 58.9 Å². The Kier molecular flexibility index (Phi) is 5.09. The van der Waals surface area contributed by atoms with Crippen LogP contribution in [0.4, 0.5) is 0 Å². The van der Waals surface area contributed by atoms with E-state index in [1.165, 1.54) is 0 Å². The zero-order chi connectivity index (χ0) is 18.1. The van der Waals surface area contributed by atoms with E-state index < -0.39 is 0 Å². The summed E-state index contributed by atoms with van der Waals surface area (Å²) >= 11 is 0. The van der Waals surface area contributed by atoms with Gasteiger partial charge < -0.3 is 10.1 Å². The molecule has 4 heteroatoms. The van der Waals surface area contributed by atoms with Gasteiger partial charge in [-0.15, -0.1) is 0 Å². The SMILES string of the molecule is Cc1cccc(C)c1OCC(C)NC(=O)C1=CC(C)(C)NC1(C)C. The standard InChI is InChI=1S/C20H30N2O2/c1-13-9-8-10-14(2)17(13)24-12-15(3)21-18(23)16-11-19(4,5)22-20(16,6)7/h8-11,15,22H,12H2,1-7H3,(H,21,23). The molecular weight excluding hydrogens is 300 g/mol. The fourth-order valence-corrected chi connectivity index (χ4v) is 3.38. The molecule has 4 nitrogen and oxygen atoms in total. The maximum Gasteiger partial charge on any atom is 0.249 e. The van der Waals surface area contributed by atoms with E-state index in [9.17, 15) is 4.79 Å². The van der Waals surface area contributed by atoms with Crippen LogP contribution in [0, 0.1) is 13.8 Å². The molecule has 1 aromatic carbocycles. The van der Waals surface area contributed by atoms with Gasteiger partial charge in [0.25, 0.3) is 0 Å². The van der Waals surface area contributed by atoms with Crippen molar-refractivity contribution in [1.29, 1.82) is 0 Å². The zero-order valence-corrected chi connectivity index (χ0v) is 15.9. The predicted octanol–water partition coefficient (Wildman–Crippen LogP) is 3.27. The Labute approximate surface area is 145 Å². The minimum atomic E-state index is -0.333. The fraction of sp³-hybridized carbons (Fsp3) is 0.550. The number of hydrogen-bond donors (Lipinski definition) is 2. The molecule has 0 saturated heterocycles. The predicted molar refractivity (Wildman–Crippen MR) is 98.4 cm³/mol. The van der Waals surface area contributed by atoms with Crippen molar-refractivity contribution in [2.45, 2.75) is 65.6 Å². The lowest BCUT2D eigenvalue weighted by atomic mass is 9.96. The van der Waals surface area contributed by atoms with E-state index in [0.717, 1.165) is 22.4 Å². The topological polar surface area (TPSA) is 50.4 Å². The molecule has 1 aromatic rings. The lowest BCUT2D eigenvalue weighted by molar-refractivity contribution is -0.118. The van der Waals surface area contributed by atoms with Crippen molar-refractivity contribution in [1.82, 2.24) is 10.6 Å². The van der Waals surface area contributed by atoms with Gasteiger partial charge in [-0.1, -0.05) is 24.3 Å². The molecule has 0 aromatic heterocycles. The summed E-state index contributed by atoms with van der Waals surface area (Å²) in [6, 6.07) is 6.01. The van der Waals surface area contributed by atoms with Crippen molar-refractivity contribution in [3.63, 3.8) is 0 Å². The quantitative estimate of drug-likeness (QED) is 0.871. The maximum absolute atomic E-state index is 12.6. The van der Waals surface area contributed by atoms with E-state index >= 15 is 0 Å². The first-order valence-corrected chi connectivity index (χ1v) is 8.54. The van der Waals surface area contributed by atoms with E-state index in [4.69, 9.17) is 4.74 Å². The largest absolute Gasteiger partial charge is 0.491 e. The number of amides is 1. The number of carbonyl (C=O) groups excluding carboxylic acids is 1. The van der Waals surface area contributed by atoms with Gasteiger partial charge in [-0.25, -0.2) is 0 Å². The van der Waals surface area contributed by atoms with Gasteiger partial charge in [0, 0.05) is 16.7 Å². The second-order valence-electron chi connectivity index (χ2n) is 7.94. The van der Waals surface area contributed by atoms with Crippen LogP contribution in [0.5, 0.6) is 5.75 Å². The lowest BCUT2D eigenvalue weighted by Crippen LogP contribution is -2.48. The van der Waals surface area contributed by atoms with Crippen LogP contribution in [0.3, 0.4) is 0 Å². The Balaban J connectivity index is 1.98. The van der Waals surface area contributed by atoms with Gasteiger partial charge >= 0.3 is 0 Å². The van der Waals surface area contributed by atoms with Gasteiger partial charge in [0.15, 0.2) is 0 Å². The van der Waals surface area contributed by atoms with Crippen LogP contribution in [0.1, 0.15) is 45.7 Å². The van der Waals surface area contributed by atoms with Gasteiger partial charge in [-0.2, -0.15) is 0 Å². The van der Waals surface area contributed by atoms with Gasteiger partial charge in [0.05, 0.1) is 6.04 Å². The number of nitrogens with one attached hydrogen (secondary N) is 2. The molecule has 0 bridgehead atoms. The van der Waals surface area contributed by atoms with Crippen molar-refractivity contribution in [3.8, 4) is 5.75 Å². The zero-order valence-electron chi connectivity index (χ0n) is 15.9. The molecule has 1 atom stereocenters. The second kappa shape index (κ2) is 6.60. The highest BCUT2D eigenvalue weighted by Gasteiger charge is 2.40. The Hall–Kier alpha value is -1.81. The van der Waals surface area contributed by atoms with E-state index in [-0.39, 0.29) is 23.0 Å². The number of rotatable bonds is 5. The first-order chi connectivity index (χ1) is 11.0. The van der Waals surface area contributed by atoms with Crippen LogP contribution in [0.25, 0.3) is 0 Å². The summed E-state index contributed by atoms with van der Waals surface area (Å²) in [7, 11) is 0. The third kappa shape index (κ3) is 4.18. The summed E-state index contributed by atoms with van der Waals surface area (Å²) in [5, 5.41) is 6.51. The highest BCUT2D eigenvalue weighted by atomic mass is 16.5. The molecule has 1 aliphatic heterocycles. The van der Waals surface area contributed by atoms with Crippen LogP contribution >= 0.6 is 0 Å². The van der Waals surface area contributed by atoms with Gasteiger partial charge in [0.1, 0.15) is 12.4 Å². The number of aryl methyl sites for hydroxylation is 2. The fourth-order valence-electron chi connectivity index (χ4n) is 3.38. The molecule has 1 heterocycles. The monoisotopic (exact) mass is 330 g/mol. The van der Waals surface area contributed by atoms with Crippen LogP contribution in [0.2, 0.25) is 0 Å². The Morgan fingerprint density at radius 3 is 2.29 bits per heavy atom. The van der Waals surface area contributed by atoms with Crippen molar-refractivity contribution in [2.24, 2.45) is 0 Å². The molecular formula is C20H30N2O2. The summed E-state index contributed by atoms with van der Waals surface area (Å²) in [6.07, 6.45) is 2.02. The molecule has 0 spiro atoms. The normalized spacial score (nSPS) is 19.5. The first-order valence-electron chi connectivity index (χ1n) is 8.54. The Bertz CT molecular complexity index is 639. The molecule has 0 saturated carbocycles. The minimum absolute atomic E-state index is 0.0318. The minimum Gasteiger partial charge on any atom is -0.491 e. The molecule has 1 unspecified atom stereocenters. The summed E-state index contributed by atoms with van der Waals surface area (Å²) in [5.74, 6) is 0.873. The molecule has 1 amide bonds. The second-order valence-corrected chi connectivity index (χ2v) is 7.94.